The third-order valence-corrected chi connectivity index (χ3v) is 2.20. The lowest BCUT2D eigenvalue weighted by Crippen LogP contribution is -2.44. The number of carbonyl (C=O) groups is 1. The molecule has 0 unspecified atom stereocenters. The Labute approximate surface area is 91.7 Å². The van der Waals surface area contributed by atoms with Crippen LogP contribution in [0.2, 0.25) is 0 Å². The highest BCUT2D eigenvalue weighted by Gasteiger charge is 2.24. The van der Waals surface area contributed by atoms with Gasteiger partial charge in [-0.15, -0.1) is 0 Å². The highest BCUT2D eigenvalue weighted by atomic mass is 79.9. The molecule has 1 amide bonds. The van der Waals surface area contributed by atoms with E-state index in [4.69, 9.17) is 5.11 Å². The van der Waals surface area contributed by atoms with E-state index in [0.29, 0.717) is 0 Å². The molecule has 5 heteroatoms. The minimum atomic E-state index is -1.05. The minimum Gasteiger partial charge on any atom is -0.465 e. The van der Waals surface area contributed by atoms with Crippen LogP contribution in [0.3, 0.4) is 0 Å². The van der Waals surface area contributed by atoms with Gasteiger partial charge in [0.15, 0.2) is 0 Å². The first-order chi connectivity index (χ1) is 6.29. The zero-order chi connectivity index (χ0) is 11.4. The summed E-state index contributed by atoms with van der Waals surface area (Å²) in [6.07, 6.45) is 0.213. The second-order valence-corrected chi connectivity index (χ2v) is 4.41. The molecule has 0 aromatic rings. The Morgan fingerprint density at radius 2 is 2.07 bits per heavy atom. The molecule has 0 rings (SSSR count). The number of alkyl halides is 1. The van der Waals surface area contributed by atoms with Crippen molar-refractivity contribution in [3.63, 3.8) is 0 Å². The fraction of sp³-hybridized carbons (Fsp3) is 0.667. The molecule has 14 heavy (non-hydrogen) atoms. The van der Waals surface area contributed by atoms with Crippen molar-refractivity contribution in [3.8, 4) is 0 Å². The summed E-state index contributed by atoms with van der Waals surface area (Å²) >= 11 is 2.94. The quantitative estimate of drug-likeness (QED) is 0.799. The van der Waals surface area contributed by atoms with Gasteiger partial charge in [0.2, 0.25) is 0 Å². The van der Waals surface area contributed by atoms with Crippen LogP contribution in [0.15, 0.2) is 11.9 Å². The van der Waals surface area contributed by atoms with E-state index >= 15 is 0 Å². The lowest BCUT2D eigenvalue weighted by Gasteiger charge is -2.32. The fourth-order valence-electron chi connectivity index (χ4n) is 0.884. The van der Waals surface area contributed by atoms with Crippen molar-refractivity contribution < 1.29 is 14.3 Å². The summed E-state index contributed by atoms with van der Waals surface area (Å²) in [5.74, 6) is -0.361. The van der Waals surface area contributed by atoms with Crippen molar-refractivity contribution in [2.75, 3.05) is 11.9 Å². The first-order valence-electron chi connectivity index (χ1n) is 4.20. The Kier molecular flexibility index (Phi) is 5.12. The first-order valence-corrected chi connectivity index (χ1v) is 5.32. The molecule has 0 aliphatic rings. The molecule has 0 heterocycles. The second-order valence-electron chi connectivity index (χ2n) is 3.85. The van der Waals surface area contributed by atoms with Crippen LogP contribution in [-0.4, -0.2) is 33.5 Å². The van der Waals surface area contributed by atoms with Gasteiger partial charge in [0.05, 0.1) is 5.33 Å². The summed E-state index contributed by atoms with van der Waals surface area (Å²) in [5, 5.41) is 8.97. The zero-order valence-electron chi connectivity index (χ0n) is 8.55. The zero-order valence-corrected chi connectivity index (χ0v) is 10.1. The van der Waals surface area contributed by atoms with Crippen LogP contribution in [0, 0.1) is 0 Å². The third kappa shape index (κ3) is 4.60. The number of hydrogen-bond donors (Lipinski definition) is 1. The van der Waals surface area contributed by atoms with Crippen molar-refractivity contribution in [3.05, 3.63) is 11.9 Å². The maximum absolute atomic E-state index is 12.7. The number of rotatable bonds is 3. The van der Waals surface area contributed by atoms with Crippen molar-refractivity contribution >= 4 is 22.0 Å². The van der Waals surface area contributed by atoms with Gasteiger partial charge >= 0.3 is 6.09 Å². The molecule has 0 saturated heterocycles. The summed E-state index contributed by atoms with van der Waals surface area (Å²) < 4.78 is 12.7. The van der Waals surface area contributed by atoms with E-state index in [9.17, 15) is 9.18 Å². The Morgan fingerprint density at radius 3 is 2.36 bits per heavy atom. The SMILES string of the molecule is CC(C)(C)N(C/C=C(\F)CBr)C(=O)O. The van der Waals surface area contributed by atoms with Crippen LogP contribution in [0.5, 0.6) is 0 Å². The number of allylic oxidation sites excluding steroid dienone is 1. The largest absolute Gasteiger partial charge is 0.465 e. The number of carboxylic acid groups (broad SMARTS) is 1. The van der Waals surface area contributed by atoms with Crippen molar-refractivity contribution in [2.24, 2.45) is 0 Å². The van der Waals surface area contributed by atoms with E-state index in [1.54, 1.807) is 20.8 Å². The number of amides is 1. The Hall–Kier alpha value is -0.580. The molecule has 1 N–H and O–H groups in total. The van der Waals surface area contributed by atoms with E-state index < -0.39 is 11.6 Å². The van der Waals surface area contributed by atoms with Gasteiger partial charge in [-0.3, -0.25) is 4.90 Å². The van der Waals surface area contributed by atoms with E-state index in [1.807, 2.05) is 0 Å². The first kappa shape index (κ1) is 13.4. The van der Waals surface area contributed by atoms with Gasteiger partial charge in [-0.25, -0.2) is 9.18 Å². The third-order valence-electron chi connectivity index (χ3n) is 1.66. The van der Waals surface area contributed by atoms with E-state index in [2.05, 4.69) is 15.9 Å². The van der Waals surface area contributed by atoms with Crippen LogP contribution in [-0.2, 0) is 0 Å². The molecule has 0 fully saturated rings. The average molecular weight is 268 g/mol. The smallest absolute Gasteiger partial charge is 0.408 e. The molecular weight excluding hydrogens is 253 g/mol. The van der Waals surface area contributed by atoms with Crippen molar-refractivity contribution in [1.82, 2.24) is 4.90 Å². The monoisotopic (exact) mass is 267 g/mol. The highest BCUT2D eigenvalue weighted by Crippen LogP contribution is 2.14. The molecule has 0 aliphatic carbocycles. The number of nitrogens with zero attached hydrogens (tertiary/aromatic N) is 1. The second kappa shape index (κ2) is 5.34. The van der Waals surface area contributed by atoms with Crippen LogP contribution >= 0.6 is 15.9 Å². The van der Waals surface area contributed by atoms with Crippen LogP contribution in [0.25, 0.3) is 0 Å². The predicted molar refractivity (Wildman–Crippen MR) is 57.5 cm³/mol. The van der Waals surface area contributed by atoms with Gasteiger partial charge in [0, 0.05) is 12.1 Å². The Balaban J connectivity index is 4.49. The van der Waals surface area contributed by atoms with E-state index in [-0.39, 0.29) is 17.7 Å². The van der Waals surface area contributed by atoms with Gasteiger partial charge in [-0.1, -0.05) is 15.9 Å². The van der Waals surface area contributed by atoms with Gasteiger partial charge in [0.25, 0.3) is 0 Å². The average Bonchev–Trinajstić information content (AvgIpc) is 2.01. The maximum Gasteiger partial charge on any atom is 0.408 e. The maximum atomic E-state index is 12.7. The van der Waals surface area contributed by atoms with Gasteiger partial charge in [-0.05, 0) is 26.8 Å². The molecule has 0 atom stereocenters. The van der Waals surface area contributed by atoms with E-state index in [0.717, 1.165) is 0 Å². The summed E-state index contributed by atoms with van der Waals surface area (Å²) in [6, 6.07) is 0. The van der Waals surface area contributed by atoms with Crippen LogP contribution in [0.4, 0.5) is 9.18 Å². The molecule has 0 radical (unpaired) electrons. The lowest BCUT2D eigenvalue weighted by molar-refractivity contribution is 0.108. The molecular formula is C9H15BrFNO2. The standard InChI is InChI=1S/C9H15BrFNO2/c1-9(2,3)12(8(13)14)5-4-7(11)6-10/h4H,5-6H2,1-3H3,(H,13,14)/b7-4-. The van der Waals surface area contributed by atoms with Gasteiger partial charge in [0.1, 0.15) is 5.83 Å². The summed E-state index contributed by atoms with van der Waals surface area (Å²) in [7, 11) is 0. The minimum absolute atomic E-state index is 0.0657. The molecule has 82 valence electrons. The molecule has 0 saturated carbocycles. The van der Waals surface area contributed by atoms with Crippen LogP contribution in [0.1, 0.15) is 20.8 Å². The molecule has 0 bridgehead atoms. The number of halogens is 2. The Bertz CT molecular complexity index is 235. The normalized spacial score (nSPS) is 12.8. The predicted octanol–water partition coefficient (Wildman–Crippen LogP) is 3.01. The van der Waals surface area contributed by atoms with Crippen LogP contribution < -0.4 is 0 Å². The molecule has 3 nitrogen and oxygen atoms in total. The summed E-state index contributed by atoms with van der Waals surface area (Å²) in [5.41, 5.74) is -0.519. The van der Waals surface area contributed by atoms with Crippen molar-refractivity contribution in [2.45, 2.75) is 26.3 Å². The fourth-order valence-corrected chi connectivity index (χ4v) is 1.11. The Morgan fingerprint density at radius 1 is 1.57 bits per heavy atom. The highest BCUT2D eigenvalue weighted by molar-refractivity contribution is 9.09. The molecule has 0 aromatic carbocycles. The van der Waals surface area contributed by atoms with Gasteiger partial charge < -0.3 is 5.11 Å². The lowest BCUT2D eigenvalue weighted by atomic mass is 10.1. The number of hydrogen-bond acceptors (Lipinski definition) is 1. The summed E-state index contributed by atoms with van der Waals surface area (Å²) in [4.78, 5) is 12.0. The topological polar surface area (TPSA) is 40.5 Å². The summed E-state index contributed by atoms with van der Waals surface area (Å²) in [6.45, 7) is 5.36. The molecule has 0 spiro atoms. The van der Waals surface area contributed by atoms with E-state index in [1.165, 1.54) is 11.0 Å². The van der Waals surface area contributed by atoms with Gasteiger partial charge in [-0.2, -0.15) is 0 Å². The molecule has 0 aliphatic heterocycles. The van der Waals surface area contributed by atoms with Crippen molar-refractivity contribution in [1.29, 1.82) is 0 Å². The molecule has 0 aromatic heterocycles.